The van der Waals surface area contributed by atoms with Crippen molar-refractivity contribution in [1.82, 2.24) is 10.6 Å². The first kappa shape index (κ1) is 27.8. The highest BCUT2D eigenvalue weighted by atomic mass is 19.4. The molecule has 0 spiro atoms. The molecule has 0 saturated heterocycles. The Balaban J connectivity index is 1.56. The molecule has 0 fully saturated rings. The first-order valence-electron chi connectivity index (χ1n) is 10.8. The first-order valence-corrected chi connectivity index (χ1v) is 10.8. The molecule has 38 heavy (non-hydrogen) atoms. The van der Waals surface area contributed by atoms with Crippen LogP contribution in [0.4, 0.5) is 47.3 Å². The van der Waals surface area contributed by atoms with E-state index in [-0.39, 0.29) is 22.5 Å². The number of rotatable bonds is 6. The quantitative estimate of drug-likeness (QED) is 0.250. The van der Waals surface area contributed by atoms with Crippen LogP contribution < -0.4 is 21.3 Å². The predicted molar refractivity (Wildman–Crippen MR) is 132 cm³/mol. The summed E-state index contributed by atoms with van der Waals surface area (Å²) >= 11 is 0. The minimum absolute atomic E-state index is 0.203. The number of nitrogens with one attached hydrogen (secondary N) is 4. The summed E-state index contributed by atoms with van der Waals surface area (Å²) in [6.07, 6.45) is -4.11. The van der Waals surface area contributed by atoms with Gasteiger partial charge in [-0.3, -0.25) is 0 Å². The number of halogens is 6. The third-order valence-corrected chi connectivity index (χ3v) is 4.83. The minimum atomic E-state index is -4.49. The smallest absolute Gasteiger partial charge is 0.314 e. The van der Waals surface area contributed by atoms with Crippen molar-refractivity contribution >= 4 is 35.6 Å². The molecule has 0 atom stereocenters. The van der Waals surface area contributed by atoms with E-state index in [0.29, 0.717) is 0 Å². The average Bonchev–Trinajstić information content (AvgIpc) is 2.85. The Hall–Kier alpha value is -4.74. The topological polar surface area (TPSA) is 82.3 Å². The number of benzene rings is 3. The molecule has 0 radical (unpaired) electrons. The van der Waals surface area contributed by atoms with Crippen LogP contribution in [0.25, 0.3) is 12.2 Å². The lowest BCUT2D eigenvalue weighted by Gasteiger charge is -2.12. The fourth-order valence-corrected chi connectivity index (χ4v) is 3.08. The molecule has 6 nitrogen and oxygen atoms in total. The van der Waals surface area contributed by atoms with Gasteiger partial charge in [-0.15, -0.1) is 0 Å². The van der Waals surface area contributed by atoms with Gasteiger partial charge >= 0.3 is 24.4 Å². The van der Waals surface area contributed by atoms with Gasteiger partial charge in [-0.05, 0) is 59.7 Å². The fourth-order valence-electron chi connectivity index (χ4n) is 3.08. The Morgan fingerprint density at radius 1 is 0.579 bits per heavy atom. The van der Waals surface area contributed by atoms with Crippen LogP contribution in [0.1, 0.15) is 22.3 Å². The standard InChI is InChI=1S/C26H20F6N4O2/c27-25(28,29)19-7-3-5-17(15-19)11-13-33-23(37)35-21-9-1-2-10-22(21)36-24(38)34-14-12-18-6-4-8-20(16-18)26(30,31)32/h1-16H,(H2,33,35,37)(H2,34,36,38)/b13-11+,14-12+. The van der Waals surface area contributed by atoms with Crippen molar-refractivity contribution in [3.8, 4) is 0 Å². The van der Waals surface area contributed by atoms with Gasteiger partial charge in [-0.25, -0.2) is 9.59 Å². The number of carbonyl (C=O) groups is 2. The SMILES string of the molecule is O=C(N/C=C/c1cccc(C(F)(F)F)c1)Nc1ccccc1NC(=O)N/C=C/c1cccc(C(F)(F)F)c1. The fraction of sp³-hybridized carbons (Fsp3) is 0.0769. The highest BCUT2D eigenvalue weighted by molar-refractivity contribution is 5.99. The van der Waals surface area contributed by atoms with Gasteiger partial charge in [0.15, 0.2) is 0 Å². The average molecular weight is 534 g/mol. The largest absolute Gasteiger partial charge is 0.416 e. The van der Waals surface area contributed by atoms with Crippen LogP contribution in [-0.2, 0) is 12.4 Å². The maximum atomic E-state index is 12.8. The lowest BCUT2D eigenvalue weighted by molar-refractivity contribution is -0.138. The van der Waals surface area contributed by atoms with Crippen molar-refractivity contribution < 1.29 is 35.9 Å². The highest BCUT2D eigenvalue weighted by Crippen LogP contribution is 2.30. The minimum Gasteiger partial charge on any atom is -0.314 e. The summed E-state index contributed by atoms with van der Waals surface area (Å²) in [4.78, 5) is 24.4. The molecule has 0 saturated carbocycles. The molecule has 0 aromatic heterocycles. The van der Waals surface area contributed by atoms with Crippen LogP contribution in [0.15, 0.2) is 85.2 Å². The Labute approximate surface area is 213 Å². The molecule has 3 aromatic rings. The maximum absolute atomic E-state index is 12.8. The molecule has 198 valence electrons. The Morgan fingerprint density at radius 2 is 0.974 bits per heavy atom. The van der Waals surface area contributed by atoms with E-state index < -0.39 is 35.5 Å². The lowest BCUT2D eigenvalue weighted by Crippen LogP contribution is -2.27. The summed E-state index contributed by atoms with van der Waals surface area (Å²) in [7, 11) is 0. The number of urea groups is 2. The zero-order valence-corrected chi connectivity index (χ0v) is 19.3. The van der Waals surface area contributed by atoms with E-state index in [4.69, 9.17) is 0 Å². The monoisotopic (exact) mass is 534 g/mol. The van der Waals surface area contributed by atoms with Gasteiger partial charge in [0.25, 0.3) is 0 Å². The van der Waals surface area contributed by atoms with Gasteiger partial charge in [0.05, 0.1) is 22.5 Å². The number of alkyl halides is 6. The summed E-state index contributed by atoms with van der Waals surface area (Å²) in [6.45, 7) is 0. The Kier molecular flexibility index (Phi) is 8.79. The van der Waals surface area contributed by atoms with Gasteiger partial charge in [0, 0.05) is 12.4 Å². The maximum Gasteiger partial charge on any atom is 0.416 e. The van der Waals surface area contributed by atoms with Crippen molar-refractivity contribution in [3.63, 3.8) is 0 Å². The zero-order chi connectivity index (χ0) is 27.8. The molecule has 0 aliphatic rings. The van der Waals surface area contributed by atoms with Crippen molar-refractivity contribution in [2.45, 2.75) is 12.4 Å². The van der Waals surface area contributed by atoms with E-state index in [1.54, 1.807) is 12.1 Å². The summed E-state index contributed by atoms with van der Waals surface area (Å²) in [5.41, 5.74) is -0.808. The molecule has 0 heterocycles. The van der Waals surface area contributed by atoms with E-state index in [2.05, 4.69) is 21.3 Å². The van der Waals surface area contributed by atoms with E-state index >= 15 is 0 Å². The first-order chi connectivity index (χ1) is 17.9. The van der Waals surface area contributed by atoms with Crippen molar-refractivity contribution in [3.05, 3.63) is 107 Å². The Bertz CT molecular complexity index is 1250. The zero-order valence-electron chi connectivity index (χ0n) is 19.3. The van der Waals surface area contributed by atoms with Gasteiger partial charge in [-0.1, -0.05) is 36.4 Å². The third kappa shape index (κ3) is 8.43. The highest BCUT2D eigenvalue weighted by Gasteiger charge is 2.30. The number of hydrogen-bond donors (Lipinski definition) is 4. The molecule has 0 unspecified atom stereocenters. The number of hydrogen-bond acceptors (Lipinski definition) is 2. The number of anilines is 2. The molecule has 0 bridgehead atoms. The van der Waals surface area contributed by atoms with Gasteiger partial charge in [0.2, 0.25) is 0 Å². The lowest BCUT2D eigenvalue weighted by atomic mass is 10.1. The van der Waals surface area contributed by atoms with Crippen molar-refractivity contribution in [2.24, 2.45) is 0 Å². The molecule has 3 aromatic carbocycles. The molecule has 4 N–H and O–H groups in total. The second-order valence-corrected chi connectivity index (χ2v) is 7.66. The molecular weight excluding hydrogens is 514 g/mol. The number of para-hydroxylation sites is 2. The van der Waals surface area contributed by atoms with Crippen LogP contribution in [-0.4, -0.2) is 12.1 Å². The summed E-state index contributed by atoms with van der Waals surface area (Å²) in [5.74, 6) is 0. The van der Waals surface area contributed by atoms with E-state index in [1.807, 2.05) is 0 Å². The third-order valence-electron chi connectivity index (χ3n) is 4.83. The summed E-state index contributed by atoms with van der Waals surface area (Å²) < 4.78 is 76.9. The molecule has 3 rings (SSSR count). The van der Waals surface area contributed by atoms with E-state index in [9.17, 15) is 35.9 Å². The summed E-state index contributed by atoms with van der Waals surface area (Å²) in [6, 6.07) is 13.8. The van der Waals surface area contributed by atoms with Crippen LogP contribution in [0.5, 0.6) is 0 Å². The number of amides is 4. The molecule has 12 heteroatoms. The molecule has 0 aliphatic carbocycles. The van der Waals surface area contributed by atoms with Crippen molar-refractivity contribution in [2.75, 3.05) is 10.6 Å². The molecule has 4 amide bonds. The van der Waals surface area contributed by atoms with Gasteiger partial charge < -0.3 is 21.3 Å². The normalized spacial score (nSPS) is 11.9. The van der Waals surface area contributed by atoms with Gasteiger partial charge in [0.1, 0.15) is 0 Å². The molecule has 0 aliphatic heterocycles. The Morgan fingerprint density at radius 3 is 1.34 bits per heavy atom. The molecular formula is C26H20F6N4O2. The van der Waals surface area contributed by atoms with Crippen LogP contribution in [0.2, 0.25) is 0 Å². The van der Waals surface area contributed by atoms with E-state index in [0.717, 1.165) is 36.7 Å². The number of carbonyl (C=O) groups excluding carboxylic acids is 2. The van der Waals surface area contributed by atoms with Crippen LogP contribution in [0, 0.1) is 0 Å². The second kappa shape index (κ2) is 12.0. The van der Waals surface area contributed by atoms with E-state index in [1.165, 1.54) is 48.6 Å². The van der Waals surface area contributed by atoms with Crippen LogP contribution in [0.3, 0.4) is 0 Å². The summed E-state index contributed by atoms with van der Waals surface area (Å²) in [5, 5.41) is 9.69. The second-order valence-electron chi connectivity index (χ2n) is 7.66. The van der Waals surface area contributed by atoms with Crippen molar-refractivity contribution in [1.29, 1.82) is 0 Å². The van der Waals surface area contributed by atoms with Gasteiger partial charge in [-0.2, -0.15) is 26.3 Å². The van der Waals surface area contributed by atoms with Crippen LogP contribution >= 0.6 is 0 Å². The predicted octanol–water partition coefficient (Wildman–Crippen LogP) is 7.31.